The Morgan fingerprint density at radius 3 is 2.75 bits per heavy atom. The van der Waals surface area contributed by atoms with Crippen molar-refractivity contribution in [3.8, 4) is 0 Å². The molecular weight excluding hydrogens is 178 g/mol. The molecule has 12 heavy (non-hydrogen) atoms. The van der Waals surface area contributed by atoms with Gasteiger partial charge >= 0.3 is 5.97 Å². The van der Waals surface area contributed by atoms with Crippen LogP contribution in [0.5, 0.6) is 0 Å². The van der Waals surface area contributed by atoms with Crippen molar-refractivity contribution in [1.29, 1.82) is 0 Å². The predicted octanol–water partition coefficient (Wildman–Crippen LogP) is 0.973. The number of carboxylic acids is 1. The van der Waals surface area contributed by atoms with Gasteiger partial charge in [0.2, 0.25) is 0 Å². The van der Waals surface area contributed by atoms with Gasteiger partial charge in [-0.15, -0.1) is 11.3 Å². The largest absolute Gasteiger partial charge is 0.481 e. The number of aromatic nitrogens is 1. The van der Waals surface area contributed by atoms with Crippen molar-refractivity contribution in [3.05, 3.63) is 16.1 Å². The van der Waals surface area contributed by atoms with Gasteiger partial charge in [-0.3, -0.25) is 9.59 Å². The number of thiazole rings is 1. The summed E-state index contributed by atoms with van der Waals surface area (Å²) in [4.78, 5) is 24.8. The second-order valence-electron chi connectivity index (χ2n) is 2.25. The smallest absolute Gasteiger partial charge is 0.310 e. The lowest BCUT2D eigenvalue weighted by Gasteiger charge is -1.86. The Bertz CT molecular complexity index is 318. The quantitative estimate of drug-likeness (QED) is 0.712. The summed E-state index contributed by atoms with van der Waals surface area (Å²) in [7, 11) is 0. The van der Waals surface area contributed by atoms with E-state index in [2.05, 4.69) is 4.98 Å². The van der Waals surface area contributed by atoms with Gasteiger partial charge in [0.15, 0.2) is 5.78 Å². The Morgan fingerprint density at radius 2 is 2.33 bits per heavy atom. The molecule has 1 N–H and O–H groups in total. The normalized spacial score (nSPS) is 9.75. The third-order valence-corrected chi connectivity index (χ3v) is 2.06. The number of rotatable bonds is 3. The molecule has 0 saturated carbocycles. The topological polar surface area (TPSA) is 67.3 Å². The Labute approximate surface area is 72.9 Å². The summed E-state index contributed by atoms with van der Waals surface area (Å²) in [6.45, 7) is 1.40. The molecule has 0 unspecified atom stereocenters. The van der Waals surface area contributed by atoms with Crippen LogP contribution < -0.4 is 0 Å². The molecule has 4 nitrogen and oxygen atoms in total. The lowest BCUT2D eigenvalue weighted by atomic mass is 10.3. The van der Waals surface area contributed by atoms with Gasteiger partial charge in [-0.2, -0.15) is 0 Å². The molecule has 0 radical (unpaired) electrons. The van der Waals surface area contributed by atoms with Crippen LogP contribution in [0.15, 0.2) is 5.38 Å². The van der Waals surface area contributed by atoms with E-state index in [1.165, 1.54) is 18.3 Å². The van der Waals surface area contributed by atoms with E-state index in [-0.39, 0.29) is 12.2 Å². The molecule has 0 fully saturated rings. The maximum absolute atomic E-state index is 10.7. The fourth-order valence-corrected chi connectivity index (χ4v) is 1.51. The first kappa shape index (κ1) is 8.86. The average Bonchev–Trinajstić information content (AvgIpc) is 2.34. The van der Waals surface area contributed by atoms with Crippen LogP contribution in [0.2, 0.25) is 0 Å². The molecule has 1 rings (SSSR count). The Morgan fingerprint density at radius 1 is 1.67 bits per heavy atom. The van der Waals surface area contributed by atoms with E-state index in [0.29, 0.717) is 10.7 Å². The third kappa shape index (κ3) is 2.13. The number of hydrogen-bond acceptors (Lipinski definition) is 4. The monoisotopic (exact) mass is 185 g/mol. The highest BCUT2D eigenvalue weighted by Gasteiger charge is 2.08. The second kappa shape index (κ2) is 3.44. The number of ketones is 1. The number of carboxylic acid groups (broad SMARTS) is 1. The van der Waals surface area contributed by atoms with Crippen molar-refractivity contribution in [1.82, 2.24) is 4.98 Å². The molecule has 0 aliphatic heterocycles. The highest BCUT2D eigenvalue weighted by atomic mass is 32.1. The van der Waals surface area contributed by atoms with E-state index in [0.717, 1.165) is 0 Å². The molecule has 1 heterocycles. The molecular formula is C7H7NO3S. The summed E-state index contributed by atoms with van der Waals surface area (Å²) in [6, 6.07) is 0. The molecule has 64 valence electrons. The van der Waals surface area contributed by atoms with Crippen LogP contribution in [-0.4, -0.2) is 21.8 Å². The van der Waals surface area contributed by atoms with Gasteiger partial charge in [-0.05, 0) is 0 Å². The van der Waals surface area contributed by atoms with Crippen LogP contribution in [0.1, 0.15) is 22.4 Å². The van der Waals surface area contributed by atoms with E-state index >= 15 is 0 Å². The molecule has 1 aromatic heterocycles. The first-order chi connectivity index (χ1) is 5.59. The third-order valence-electron chi connectivity index (χ3n) is 1.21. The van der Waals surface area contributed by atoms with Gasteiger partial charge in [0.25, 0.3) is 0 Å². The molecule has 1 aromatic rings. The fourth-order valence-electron chi connectivity index (χ4n) is 0.683. The van der Waals surface area contributed by atoms with Gasteiger partial charge in [-0.25, -0.2) is 4.98 Å². The molecule has 0 aliphatic rings. The Kier molecular flexibility index (Phi) is 2.54. The Hall–Kier alpha value is -1.23. The summed E-state index contributed by atoms with van der Waals surface area (Å²) in [6.07, 6.45) is -0.113. The molecule has 5 heteroatoms. The minimum absolute atomic E-state index is 0.113. The maximum atomic E-state index is 10.7. The lowest BCUT2D eigenvalue weighted by Crippen LogP contribution is -2.00. The molecule has 0 amide bonds. The van der Waals surface area contributed by atoms with Crippen molar-refractivity contribution in [3.63, 3.8) is 0 Å². The van der Waals surface area contributed by atoms with Crippen LogP contribution in [0.3, 0.4) is 0 Å². The van der Waals surface area contributed by atoms with Crippen LogP contribution in [0.25, 0.3) is 0 Å². The Balaban J connectivity index is 2.77. The molecule has 0 spiro atoms. The van der Waals surface area contributed by atoms with Crippen molar-refractivity contribution in [2.75, 3.05) is 0 Å². The molecule has 0 saturated heterocycles. The van der Waals surface area contributed by atoms with Gasteiger partial charge < -0.3 is 5.11 Å². The van der Waals surface area contributed by atoms with Gasteiger partial charge in [0, 0.05) is 12.3 Å². The number of hydrogen-bond donors (Lipinski definition) is 1. The van der Waals surface area contributed by atoms with E-state index in [1.54, 1.807) is 5.38 Å². The minimum Gasteiger partial charge on any atom is -0.481 e. The van der Waals surface area contributed by atoms with Crippen molar-refractivity contribution in [2.24, 2.45) is 0 Å². The molecule has 0 aliphatic carbocycles. The standard InChI is InChI=1S/C7H7NO3S/c1-4(9)5-3-12-6(8-5)2-7(10)11/h3H,2H2,1H3,(H,10,11). The zero-order chi connectivity index (χ0) is 9.14. The number of carbonyl (C=O) groups is 2. The molecule has 0 bridgehead atoms. The summed E-state index contributed by atoms with van der Waals surface area (Å²) < 4.78 is 0. The van der Waals surface area contributed by atoms with Crippen molar-refractivity contribution >= 4 is 23.1 Å². The number of carbonyl (C=O) groups excluding carboxylic acids is 1. The highest BCUT2D eigenvalue weighted by molar-refractivity contribution is 7.09. The zero-order valence-electron chi connectivity index (χ0n) is 6.40. The van der Waals surface area contributed by atoms with Crippen LogP contribution >= 0.6 is 11.3 Å². The molecule has 0 atom stereocenters. The lowest BCUT2D eigenvalue weighted by molar-refractivity contribution is -0.136. The summed E-state index contributed by atoms with van der Waals surface area (Å²) in [5, 5.41) is 10.4. The fraction of sp³-hybridized carbons (Fsp3) is 0.286. The summed E-state index contributed by atoms with van der Waals surface area (Å²) in [5.74, 6) is -1.07. The predicted molar refractivity (Wildman–Crippen MR) is 43.5 cm³/mol. The van der Waals surface area contributed by atoms with Crippen LogP contribution in [0, 0.1) is 0 Å². The van der Waals surface area contributed by atoms with E-state index < -0.39 is 5.97 Å². The molecule has 0 aromatic carbocycles. The van der Waals surface area contributed by atoms with Gasteiger partial charge in [-0.1, -0.05) is 0 Å². The second-order valence-corrected chi connectivity index (χ2v) is 3.20. The van der Waals surface area contributed by atoms with Crippen LogP contribution in [0.4, 0.5) is 0 Å². The van der Waals surface area contributed by atoms with Crippen molar-refractivity contribution in [2.45, 2.75) is 13.3 Å². The first-order valence-electron chi connectivity index (χ1n) is 3.26. The SMILES string of the molecule is CC(=O)c1csc(CC(=O)O)n1. The number of Topliss-reactive ketones (excluding diaryl/α,β-unsaturated/α-hetero) is 1. The van der Waals surface area contributed by atoms with Crippen molar-refractivity contribution < 1.29 is 14.7 Å². The first-order valence-corrected chi connectivity index (χ1v) is 4.14. The number of aliphatic carboxylic acids is 1. The van der Waals surface area contributed by atoms with Gasteiger partial charge in [0.1, 0.15) is 10.7 Å². The van der Waals surface area contributed by atoms with Crippen LogP contribution in [-0.2, 0) is 11.2 Å². The van der Waals surface area contributed by atoms with Gasteiger partial charge in [0.05, 0.1) is 6.42 Å². The zero-order valence-corrected chi connectivity index (χ0v) is 7.22. The van der Waals surface area contributed by atoms with E-state index in [1.807, 2.05) is 0 Å². The number of nitrogens with zero attached hydrogens (tertiary/aromatic N) is 1. The maximum Gasteiger partial charge on any atom is 0.310 e. The van der Waals surface area contributed by atoms with E-state index in [9.17, 15) is 9.59 Å². The summed E-state index contributed by atoms with van der Waals surface area (Å²) >= 11 is 1.19. The average molecular weight is 185 g/mol. The van der Waals surface area contributed by atoms with E-state index in [4.69, 9.17) is 5.11 Å². The minimum atomic E-state index is -0.931. The highest BCUT2D eigenvalue weighted by Crippen LogP contribution is 2.10. The summed E-state index contributed by atoms with van der Waals surface area (Å²) in [5.41, 5.74) is 0.344.